The van der Waals surface area contributed by atoms with Crippen LogP contribution in [0.3, 0.4) is 0 Å². The Morgan fingerprint density at radius 1 is 0.708 bits per heavy atom. The molecule has 0 saturated carbocycles. The minimum absolute atomic E-state index is 0. The van der Waals surface area contributed by atoms with Crippen molar-refractivity contribution >= 4 is 48.9 Å². The molecule has 0 aliphatic carbocycles. The second-order valence-corrected chi connectivity index (χ2v) is 3.28. The fraction of sp³-hybridized carbons (Fsp3) is 0.200. The molecule has 0 spiro atoms. The van der Waals surface area contributed by atoms with E-state index in [1.165, 1.54) is 0 Å². The maximum absolute atomic E-state index is 10.6. The second kappa shape index (κ2) is 15.4. The first-order chi connectivity index (χ1) is 9.47. The number of aliphatic hydroxyl groups is 2. The van der Waals surface area contributed by atoms with Gasteiger partial charge in [-0.25, -0.2) is 0 Å². The van der Waals surface area contributed by atoms with Gasteiger partial charge in [0.15, 0.2) is 0 Å². The normalized spacial score (nSPS) is 8.08. The van der Waals surface area contributed by atoms with E-state index in [1.807, 2.05) is 0 Å². The number of aliphatic hydroxyl groups excluding tert-OH is 2. The van der Waals surface area contributed by atoms with Gasteiger partial charge in [0.1, 0.15) is 0 Å². The van der Waals surface area contributed by atoms with Crippen LogP contribution in [0.15, 0.2) is 12.4 Å². The van der Waals surface area contributed by atoms with E-state index in [0.29, 0.717) is 0 Å². The maximum atomic E-state index is 10.6. The van der Waals surface area contributed by atoms with Crippen LogP contribution in [-0.2, 0) is 13.2 Å². The van der Waals surface area contributed by atoms with Gasteiger partial charge in [0.25, 0.3) is 0 Å². The van der Waals surface area contributed by atoms with Crippen molar-refractivity contribution < 1.29 is 41.6 Å². The number of nitrogens with zero attached hydrogens (tertiary/aromatic N) is 4. The van der Waals surface area contributed by atoms with Crippen molar-refractivity contribution in [2.75, 3.05) is 0 Å². The largest absolute Gasteiger partial charge is 3.00 e. The zero-order valence-corrected chi connectivity index (χ0v) is 16.8. The Kier molecular flexibility index (Phi) is 19.7. The number of aromatic nitrogens is 4. The quantitative estimate of drug-likeness (QED) is 0.330. The molecule has 0 saturated heterocycles. The van der Waals surface area contributed by atoms with Gasteiger partial charge in [0.05, 0.1) is 25.2 Å². The zero-order valence-electron chi connectivity index (χ0n) is 11.7. The molecule has 0 fully saturated rings. The predicted molar refractivity (Wildman–Crippen MR) is 69.1 cm³/mol. The predicted octanol–water partition coefficient (Wildman–Crippen LogP) is -4.88. The van der Waals surface area contributed by atoms with Crippen LogP contribution in [0.5, 0.6) is 23.8 Å². The first kappa shape index (κ1) is 30.7. The number of rotatable bonds is 2. The minimum Gasteiger partial charge on any atom is -0.870 e. The molecule has 0 atom stereocenters. The average molecular weight is 558 g/mol. The SMILES string of the molecule is [O-]c1ncc(CO)c([O-])n1.[O-]c1ncc(CO)c([O-])n1.[OH-].[OH-].[Sb+3].[Sb+3]. The van der Waals surface area contributed by atoms with E-state index in [4.69, 9.17) is 10.2 Å². The van der Waals surface area contributed by atoms with E-state index in [9.17, 15) is 20.4 Å². The summed E-state index contributed by atoms with van der Waals surface area (Å²) in [4.78, 5) is 12.3. The Balaban J connectivity index is -0.000000143. The molecule has 2 aromatic rings. The van der Waals surface area contributed by atoms with Crippen LogP contribution in [0, 0.1) is 0 Å². The summed E-state index contributed by atoms with van der Waals surface area (Å²) in [6.45, 7) is -0.863. The molecule has 2 aromatic heterocycles. The van der Waals surface area contributed by atoms with Crippen LogP contribution in [0.1, 0.15) is 11.1 Å². The average Bonchev–Trinajstić information content (AvgIpc) is 2.40. The van der Waals surface area contributed by atoms with Gasteiger partial charge < -0.3 is 41.6 Å². The third-order valence-electron chi connectivity index (χ3n) is 1.95. The van der Waals surface area contributed by atoms with E-state index in [-0.39, 0.29) is 70.9 Å². The number of hydrogen-bond donors (Lipinski definition) is 2. The van der Waals surface area contributed by atoms with E-state index in [1.54, 1.807) is 0 Å². The van der Waals surface area contributed by atoms with Gasteiger partial charge in [-0.1, -0.05) is 0 Å². The van der Waals surface area contributed by atoms with Gasteiger partial charge in [-0.05, 0) is 11.8 Å². The molecule has 2 heterocycles. The first-order valence-electron chi connectivity index (χ1n) is 5.09. The summed E-state index contributed by atoms with van der Waals surface area (Å²) in [5.74, 6) is -1.41. The summed E-state index contributed by atoms with van der Waals surface area (Å²) in [5.41, 5.74) is 0.0826. The van der Waals surface area contributed by atoms with Crippen molar-refractivity contribution in [2.24, 2.45) is 0 Å². The Morgan fingerprint density at radius 3 is 1.21 bits per heavy atom. The Bertz CT molecular complexity index is 541. The molecule has 24 heavy (non-hydrogen) atoms. The Morgan fingerprint density at radius 2 is 1.00 bits per heavy atom. The van der Waals surface area contributed by atoms with Gasteiger partial charge in [-0.15, -0.1) is 0 Å². The van der Waals surface area contributed by atoms with Gasteiger partial charge in [0, 0.05) is 23.5 Å². The van der Waals surface area contributed by atoms with Crippen LogP contribution in [0.4, 0.5) is 0 Å². The van der Waals surface area contributed by atoms with Crippen molar-refractivity contribution in [3.8, 4) is 23.8 Å². The van der Waals surface area contributed by atoms with Crippen LogP contribution in [-0.4, -0.2) is 90.0 Å². The molecule has 4 radical (unpaired) electrons. The third kappa shape index (κ3) is 9.86. The molecule has 0 aliphatic rings. The summed E-state index contributed by atoms with van der Waals surface area (Å²) in [6.07, 6.45) is 2.05. The van der Waals surface area contributed by atoms with Crippen LogP contribution >= 0.6 is 0 Å². The summed E-state index contributed by atoms with van der Waals surface area (Å²) < 4.78 is 0. The molecule has 128 valence electrons. The monoisotopic (exact) mass is 556 g/mol. The van der Waals surface area contributed by atoms with Crippen molar-refractivity contribution in [1.82, 2.24) is 19.9 Å². The van der Waals surface area contributed by atoms with E-state index >= 15 is 0 Å². The fourth-order valence-corrected chi connectivity index (χ4v) is 0.969. The van der Waals surface area contributed by atoms with Gasteiger partial charge in [-0.2, -0.15) is 0 Å². The zero-order chi connectivity index (χ0) is 15.1. The summed E-state index contributed by atoms with van der Waals surface area (Å²) >= 11 is 0. The summed E-state index contributed by atoms with van der Waals surface area (Å²) in [6, 6.07) is -1.63. The molecule has 14 heteroatoms. The van der Waals surface area contributed by atoms with Gasteiger partial charge in [-0.3, -0.25) is 19.9 Å². The van der Waals surface area contributed by atoms with Crippen molar-refractivity contribution in [3.63, 3.8) is 0 Å². The molecule has 0 bridgehead atoms. The minimum atomic E-state index is -0.817. The van der Waals surface area contributed by atoms with E-state index in [2.05, 4.69) is 19.9 Å². The van der Waals surface area contributed by atoms with E-state index in [0.717, 1.165) is 12.4 Å². The van der Waals surface area contributed by atoms with E-state index < -0.39 is 37.0 Å². The van der Waals surface area contributed by atoms with Gasteiger partial charge in [0.2, 0.25) is 0 Å². The van der Waals surface area contributed by atoms with Gasteiger partial charge >= 0.3 is 48.9 Å². The molecule has 0 unspecified atom stereocenters. The molecule has 12 nitrogen and oxygen atoms in total. The van der Waals surface area contributed by atoms with Crippen LogP contribution in [0.25, 0.3) is 0 Å². The molecule has 0 aromatic carbocycles. The van der Waals surface area contributed by atoms with Crippen LogP contribution in [0.2, 0.25) is 0 Å². The Hall–Kier alpha value is -1.16. The molecular weight excluding hydrogens is 548 g/mol. The second-order valence-electron chi connectivity index (χ2n) is 3.28. The molecule has 0 amide bonds. The third-order valence-corrected chi connectivity index (χ3v) is 1.95. The van der Waals surface area contributed by atoms with Crippen molar-refractivity contribution in [1.29, 1.82) is 0 Å². The molecule has 4 N–H and O–H groups in total. The fourth-order valence-electron chi connectivity index (χ4n) is 0.969. The topological polar surface area (TPSA) is 244 Å². The van der Waals surface area contributed by atoms with Crippen molar-refractivity contribution in [3.05, 3.63) is 23.5 Å². The smallest absolute Gasteiger partial charge is 0.870 e. The molecule has 2 rings (SSSR count). The van der Waals surface area contributed by atoms with Crippen LogP contribution < -0.4 is 20.4 Å². The maximum Gasteiger partial charge on any atom is 3.00 e. The molecule has 0 aliphatic heterocycles. The summed E-state index contributed by atoms with van der Waals surface area (Å²) in [5, 5.41) is 58.5. The summed E-state index contributed by atoms with van der Waals surface area (Å²) in [7, 11) is 0. The standard InChI is InChI=1S/2C5H6N2O3.2H2O.2Sb/c2*8-2-3-1-6-5(10)7-4(3)9;;;;/h2*1,8H,2H2,(H2,6,7,9,10);2*1H2;;/q;;;;2*+3/p-6. The molecular formula is C10H10N4O8Sb2. The first-order valence-corrected chi connectivity index (χ1v) is 5.09. The van der Waals surface area contributed by atoms with Crippen molar-refractivity contribution in [2.45, 2.75) is 13.2 Å². The number of hydrogen-bond acceptors (Lipinski definition) is 12. The Labute approximate surface area is 170 Å².